The molecule has 3 heteroatoms. The van der Waals surface area contributed by atoms with E-state index in [0.29, 0.717) is 6.54 Å². The van der Waals surface area contributed by atoms with Crippen LogP contribution in [0.3, 0.4) is 0 Å². The molecule has 2 N–H and O–H groups in total. The molecule has 0 saturated heterocycles. The predicted molar refractivity (Wildman–Crippen MR) is 53.5 cm³/mol. The van der Waals surface area contributed by atoms with Crippen molar-refractivity contribution in [1.29, 1.82) is 0 Å². The summed E-state index contributed by atoms with van der Waals surface area (Å²) < 4.78 is 13.0. The van der Waals surface area contributed by atoms with Crippen LogP contribution in [0.4, 0.5) is 4.39 Å². The molecule has 1 unspecified atom stereocenters. The van der Waals surface area contributed by atoms with Crippen LogP contribution >= 0.6 is 11.6 Å². The van der Waals surface area contributed by atoms with Crippen molar-refractivity contribution < 1.29 is 4.39 Å². The molecule has 0 saturated carbocycles. The summed E-state index contributed by atoms with van der Waals surface area (Å²) >= 11 is 5.57. The second-order valence-corrected chi connectivity index (χ2v) is 3.42. The summed E-state index contributed by atoms with van der Waals surface area (Å²) in [5, 5.41) is 0.163. The van der Waals surface area contributed by atoms with Crippen molar-refractivity contribution in [3.05, 3.63) is 34.6 Å². The first-order chi connectivity index (χ1) is 6.19. The summed E-state index contributed by atoms with van der Waals surface area (Å²) in [5.74, 6) is -0.141. The van der Waals surface area contributed by atoms with Gasteiger partial charge in [-0.2, -0.15) is 0 Å². The van der Waals surface area contributed by atoms with E-state index in [2.05, 4.69) is 0 Å². The third kappa shape index (κ3) is 2.42. The van der Waals surface area contributed by atoms with Crippen molar-refractivity contribution in [3.8, 4) is 0 Å². The van der Waals surface area contributed by atoms with Gasteiger partial charge in [0.15, 0.2) is 0 Å². The van der Waals surface area contributed by atoms with Crippen molar-refractivity contribution in [3.63, 3.8) is 0 Å². The van der Waals surface area contributed by atoms with Crippen LogP contribution in [0.5, 0.6) is 0 Å². The summed E-state index contributed by atoms with van der Waals surface area (Å²) in [5.41, 5.74) is 6.47. The Morgan fingerprint density at radius 1 is 1.54 bits per heavy atom. The van der Waals surface area contributed by atoms with Crippen LogP contribution in [0.1, 0.15) is 24.8 Å². The normalized spacial score (nSPS) is 12.9. The summed E-state index contributed by atoms with van der Waals surface area (Å²) in [6.45, 7) is 2.57. The van der Waals surface area contributed by atoms with Crippen LogP contribution in [0, 0.1) is 5.82 Å². The average Bonchev–Trinajstić information content (AvgIpc) is 2.13. The minimum atomic E-state index is -0.369. The fourth-order valence-electron chi connectivity index (χ4n) is 1.30. The maximum Gasteiger partial charge on any atom is 0.142 e. The quantitative estimate of drug-likeness (QED) is 0.800. The Balaban J connectivity index is 2.95. The van der Waals surface area contributed by atoms with Gasteiger partial charge in [-0.1, -0.05) is 24.6 Å². The van der Waals surface area contributed by atoms with Crippen LogP contribution in [0.2, 0.25) is 5.02 Å². The minimum Gasteiger partial charge on any atom is -0.330 e. The summed E-state index contributed by atoms with van der Waals surface area (Å²) in [7, 11) is 0. The highest BCUT2D eigenvalue weighted by Crippen LogP contribution is 2.22. The second kappa shape index (κ2) is 4.58. The molecule has 0 aliphatic carbocycles. The lowest BCUT2D eigenvalue weighted by Crippen LogP contribution is -2.11. The predicted octanol–water partition coefficient (Wildman–Crippen LogP) is 2.93. The van der Waals surface area contributed by atoms with Gasteiger partial charge in [-0.15, -0.1) is 0 Å². The summed E-state index contributed by atoms with van der Waals surface area (Å²) in [4.78, 5) is 0. The monoisotopic (exact) mass is 201 g/mol. The van der Waals surface area contributed by atoms with E-state index in [1.165, 1.54) is 6.07 Å². The first-order valence-electron chi connectivity index (χ1n) is 4.34. The largest absolute Gasteiger partial charge is 0.330 e. The van der Waals surface area contributed by atoms with Gasteiger partial charge in [0, 0.05) is 0 Å². The lowest BCUT2D eigenvalue weighted by atomic mass is 9.97. The molecule has 0 radical (unpaired) electrons. The Bertz CT molecular complexity index is 284. The van der Waals surface area contributed by atoms with Crippen molar-refractivity contribution in [2.45, 2.75) is 19.3 Å². The first-order valence-corrected chi connectivity index (χ1v) is 4.71. The van der Waals surface area contributed by atoms with E-state index >= 15 is 0 Å². The fraction of sp³-hybridized carbons (Fsp3) is 0.400. The zero-order valence-corrected chi connectivity index (χ0v) is 8.31. The van der Waals surface area contributed by atoms with E-state index in [9.17, 15) is 4.39 Å². The zero-order valence-electron chi connectivity index (χ0n) is 7.56. The van der Waals surface area contributed by atoms with E-state index in [0.717, 1.165) is 12.0 Å². The number of benzene rings is 1. The standard InChI is InChI=1S/C10H13ClFN/c1-2-7(6-13)8-3-4-9(11)10(12)5-8/h3-5,7H,2,6,13H2,1H3. The number of hydrogen-bond donors (Lipinski definition) is 1. The molecule has 0 aliphatic heterocycles. The smallest absolute Gasteiger partial charge is 0.142 e. The molecule has 0 aliphatic rings. The van der Waals surface area contributed by atoms with E-state index in [1.54, 1.807) is 6.07 Å². The van der Waals surface area contributed by atoms with Crippen LogP contribution in [0.15, 0.2) is 18.2 Å². The van der Waals surface area contributed by atoms with E-state index in [4.69, 9.17) is 17.3 Å². The molecule has 0 spiro atoms. The van der Waals surface area contributed by atoms with Gasteiger partial charge in [0.1, 0.15) is 5.82 Å². The van der Waals surface area contributed by atoms with Gasteiger partial charge in [0.05, 0.1) is 5.02 Å². The SMILES string of the molecule is CCC(CN)c1ccc(Cl)c(F)c1. The molecular weight excluding hydrogens is 189 g/mol. The highest BCUT2D eigenvalue weighted by molar-refractivity contribution is 6.30. The maximum atomic E-state index is 13.0. The highest BCUT2D eigenvalue weighted by atomic mass is 35.5. The number of hydrogen-bond acceptors (Lipinski definition) is 1. The number of nitrogens with two attached hydrogens (primary N) is 1. The van der Waals surface area contributed by atoms with Crippen molar-refractivity contribution >= 4 is 11.6 Å². The third-order valence-electron chi connectivity index (χ3n) is 2.19. The van der Waals surface area contributed by atoms with E-state index < -0.39 is 0 Å². The Labute approximate surface area is 82.7 Å². The highest BCUT2D eigenvalue weighted by Gasteiger charge is 2.09. The zero-order chi connectivity index (χ0) is 9.84. The summed E-state index contributed by atoms with van der Waals surface area (Å²) in [6.07, 6.45) is 0.914. The van der Waals surface area contributed by atoms with E-state index in [1.807, 2.05) is 13.0 Å². The van der Waals surface area contributed by atoms with Gasteiger partial charge in [-0.3, -0.25) is 0 Å². The average molecular weight is 202 g/mol. The Hall–Kier alpha value is -0.600. The summed E-state index contributed by atoms with van der Waals surface area (Å²) in [6, 6.07) is 4.86. The van der Waals surface area contributed by atoms with Gasteiger partial charge >= 0.3 is 0 Å². The van der Waals surface area contributed by atoms with Gasteiger partial charge in [-0.05, 0) is 36.6 Å². The molecule has 13 heavy (non-hydrogen) atoms. The van der Waals surface area contributed by atoms with E-state index in [-0.39, 0.29) is 16.8 Å². The van der Waals surface area contributed by atoms with Crippen LogP contribution in [-0.2, 0) is 0 Å². The van der Waals surface area contributed by atoms with Crippen molar-refractivity contribution in [1.82, 2.24) is 0 Å². The molecule has 0 bridgehead atoms. The van der Waals surface area contributed by atoms with Crippen molar-refractivity contribution in [2.24, 2.45) is 5.73 Å². The molecule has 1 atom stereocenters. The Morgan fingerprint density at radius 3 is 2.69 bits per heavy atom. The van der Waals surface area contributed by atoms with Gasteiger partial charge in [-0.25, -0.2) is 4.39 Å². The van der Waals surface area contributed by atoms with Crippen LogP contribution in [-0.4, -0.2) is 6.54 Å². The molecule has 1 rings (SSSR count). The number of rotatable bonds is 3. The second-order valence-electron chi connectivity index (χ2n) is 3.01. The fourth-order valence-corrected chi connectivity index (χ4v) is 1.42. The first kappa shape index (κ1) is 10.5. The minimum absolute atomic E-state index is 0.163. The molecule has 1 aromatic rings. The molecule has 72 valence electrons. The number of halogens is 2. The van der Waals surface area contributed by atoms with Gasteiger partial charge in [0.2, 0.25) is 0 Å². The molecule has 0 aromatic heterocycles. The topological polar surface area (TPSA) is 26.0 Å². The molecule has 0 heterocycles. The third-order valence-corrected chi connectivity index (χ3v) is 2.50. The Kier molecular flexibility index (Phi) is 3.70. The maximum absolute atomic E-state index is 13.0. The molecule has 0 amide bonds. The Morgan fingerprint density at radius 2 is 2.23 bits per heavy atom. The lowest BCUT2D eigenvalue weighted by molar-refractivity contribution is 0.614. The molecule has 1 aromatic carbocycles. The van der Waals surface area contributed by atoms with Crippen LogP contribution in [0.25, 0.3) is 0 Å². The van der Waals surface area contributed by atoms with Crippen LogP contribution < -0.4 is 5.73 Å². The van der Waals surface area contributed by atoms with Gasteiger partial charge in [0.25, 0.3) is 0 Å². The molecular formula is C10H13ClFN. The van der Waals surface area contributed by atoms with Crippen molar-refractivity contribution in [2.75, 3.05) is 6.54 Å². The lowest BCUT2D eigenvalue weighted by Gasteiger charge is -2.12. The van der Waals surface area contributed by atoms with Gasteiger partial charge < -0.3 is 5.73 Å². The molecule has 0 fully saturated rings. The molecule has 1 nitrogen and oxygen atoms in total.